The van der Waals surface area contributed by atoms with Crippen molar-refractivity contribution in [2.75, 3.05) is 6.54 Å². The van der Waals surface area contributed by atoms with Gasteiger partial charge in [0.15, 0.2) is 0 Å². The van der Waals surface area contributed by atoms with Gasteiger partial charge in [-0.1, -0.05) is 30.3 Å². The van der Waals surface area contributed by atoms with Gasteiger partial charge in [0.25, 0.3) is 0 Å². The Balaban J connectivity index is 2.31. The van der Waals surface area contributed by atoms with Crippen LogP contribution in [0.5, 0.6) is 0 Å². The summed E-state index contributed by atoms with van der Waals surface area (Å²) in [6.45, 7) is 0.213. The minimum absolute atomic E-state index is 0.193. The number of carboxylic acids is 1. The van der Waals surface area contributed by atoms with Crippen molar-refractivity contribution in [1.29, 1.82) is 0 Å². The number of carbonyl (C=O) groups is 1. The molecule has 1 unspecified atom stereocenters. The second-order valence-electron chi connectivity index (χ2n) is 4.15. The van der Waals surface area contributed by atoms with Crippen LogP contribution < -0.4 is 5.73 Å². The van der Waals surface area contributed by atoms with Gasteiger partial charge in [0.1, 0.15) is 0 Å². The van der Waals surface area contributed by atoms with Gasteiger partial charge in [0.2, 0.25) is 0 Å². The first-order chi connectivity index (χ1) is 7.20. The molecule has 1 fully saturated rings. The topological polar surface area (TPSA) is 63.3 Å². The van der Waals surface area contributed by atoms with Gasteiger partial charge in [0.05, 0.1) is 5.92 Å². The molecule has 0 radical (unpaired) electrons. The molecule has 0 aromatic heterocycles. The molecule has 0 amide bonds. The molecular formula is C12H15NO2. The summed E-state index contributed by atoms with van der Waals surface area (Å²) in [5, 5.41) is 9.13. The average Bonchev–Trinajstić information content (AvgIpc) is 3.01. The summed E-state index contributed by atoms with van der Waals surface area (Å²) in [4.78, 5) is 11.1. The van der Waals surface area contributed by atoms with Crippen LogP contribution in [0.25, 0.3) is 0 Å². The molecule has 1 atom stereocenters. The predicted octanol–water partition coefficient (Wildman–Crippen LogP) is 1.38. The van der Waals surface area contributed by atoms with Crippen molar-refractivity contribution in [2.45, 2.75) is 18.3 Å². The normalized spacial score (nSPS) is 19.5. The second-order valence-corrected chi connectivity index (χ2v) is 4.15. The van der Waals surface area contributed by atoms with E-state index in [4.69, 9.17) is 10.8 Å². The van der Waals surface area contributed by atoms with Crippen molar-refractivity contribution in [2.24, 2.45) is 11.7 Å². The summed E-state index contributed by atoms with van der Waals surface area (Å²) in [5.74, 6) is -1.22. The molecule has 0 spiro atoms. The molecule has 0 aliphatic heterocycles. The van der Waals surface area contributed by atoms with Crippen LogP contribution in [0.1, 0.15) is 18.4 Å². The lowest BCUT2D eigenvalue weighted by atomic mass is 9.82. The Bertz CT molecular complexity index is 357. The number of rotatable bonds is 4. The van der Waals surface area contributed by atoms with E-state index in [0.29, 0.717) is 0 Å². The minimum atomic E-state index is -0.779. The van der Waals surface area contributed by atoms with Gasteiger partial charge in [0, 0.05) is 12.0 Å². The van der Waals surface area contributed by atoms with Crippen LogP contribution >= 0.6 is 0 Å². The van der Waals surface area contributed by atoms with E-state index in [1.54, 1.807) is 0 Å². The molecule has 1 aliphatic carbocycles. The molecule has 15 heavy (non-hydrogen) atoms. The number of carboxylic acid groups (broad SMARTS) is 1. The monoisotopic (exact) mass is 205 g/mol. The van der Waals surface area contributed by atoms with Crippen LogP contribution in [0.3, 0.4) is 0 Å². The third kappa shape index (κ3) is 1.63. The highest BCUT2D eigenvalue weighted by Crippen LogP contribution is 2.53. The summed E-state index contributed by atoms with van der Waals surface area (Å²) >= 11 is 0. The number of aliphatic carboxylic acids is 1. The lowest BCUT2D eigenvalue weighted by Gasteiger charge is -2.22. The molecule has 80 valence electrons. The predicted molar refractivity (Wildman–Crippen MR) is 57.5 cm³/mol. The fraction of sp³-hybridized carbons (Fsp3) is 0.417. The van der Waals surface area contributed by atoms with E-state index in [1.165, 1.54) is 0 Å². The summed E-state index contributed by atoms with van der Waals surface area (Å²) in [5.41, 5.74) is 6.48. The number of benzene rings is 1. The lowest BCUT2D eigenvalue weighted by Crippen LogP contribution is -2.34. The SMILES string of the molecule is NCC(C(=O)O)C1(c2ccccc2)CC1. The number of hydrogen-bond donors (Lipinski definition) is 2. The first kappa shape index (κ1) is 10.2. The van der Waals surface area contributed by atoms with E-state index in [1.807, 2.05) is 30.3 Å². The zero-order valence-corrected chi connectivity index (χ0v) is 8.52. The lowest BCUT2D eigenvalue weighted by molar-refractivity contribution is -0.142. The fourth-order valence-electron chi connectivity index (χ4n) is 2.31. The van der Waals surface area contributed by atoms with E-state index < -0.39 is 11.9 Å². The zero-order chi connectivity index (χ0) is 10.9. The van der Waals surface area contributed by atoms with Crippen molar-refractivity contribution < 1.29 is 9.90 Å². The van der Waals surface area contributed by atoms with E-state index in [-0.39, 0.29) is 12.0 Å². The first-order valence-corrected chi connectivity index (χ1v) is 5.19. The molecule has 0 heterocycles. The molecule has 0 saturated heterocycles. The molecule has 2 rings (SSSR count). The highest BCUT2D eigenvalue weighted by Gasteiger charge is 2.52. The maximum absolute atomic E-state index is 11.1. The minimum Gasteiger partial charge on any atom is -0.481 e. The molecule has 3 heteroatoms. The van der Waals surface area contributed by atoms with E-state index in [2.05, 4.69) is 0 Å². The molecule has 1 aromatic carbocycles. The molecule has 1 aliphatic rings. The van der Waals surface area contributed by atoms with Gasteiger partial charge in [-0.2, -0.15) is 0 Å². The summed E-state index contributed by atoms with van der Waals surface area (Å²) in [7, 11) is 0. The summed E-state index contributed by atoms with van der Waals surface area (Å²) in [6, 6.07) is 9.84. The molecule has 0 bridgehead atoms. The number of hydrogen-bond acceptors (Lipinski definition) is 2. The molecular weight excluding hydrogens is 190 g/mol. The largest absolute Gasteiger partial charge is 0.481 e. The van der Waals surface area contributed by atoms with Crippen molar-refractivity contribution in [1.82, 2.24) is 0 Å². The molecule has 1 aromatic rings. The van der Waals surface area contributed by atoms with Gasteiger partial charge in [-0.15, -0.1) is 0 Å². The Kier molecular flexibility index (Phi) is 2.49. The van der Waals surface area contributed by atoms with Crippen LogP contribution in [-0.2, 0) is 10.2 Å². The van der Waals surface area contributed by atoms with E-state index in [9.17, 15) is 4.79 Å². The van der Waals surface area contributed by atoms with Crippen molar-refractivity contribution >= 4 is 5.97 Å². The van der Waals surface area contributed by atoms with Gasteiger partial charge in [-0.25, -0.2) is 0 Å². The summed E-state index contributed by atoms with van der Waals surface area (Å²) in [6.07, 6.45) is 1.87. The van der Waals surface area contributed by atoms with Crippen LogP contribution in [0.2, 0.25) is 0 Å². The van der Waals surface area contributed by atoms with Gasteiger partial charge < -0.3 is 10.8 Å². The standard InChI is InChI=1S/C12H15NO2/c13-8-10(11(14)15)12(6-7-12)9-4-2-1-3-5-9/h1-5,10H,6-8,13H2,(H,14,15). The maximum atomic E-state index is 11.1. The van der Waals surface area contributed by atoms with E-state index in [0.717, 1.165) is 18.4 Å². The van der Waals surface area contributed by atoms with Gasteiger partial charge >= 0.3 is 5.97 Å². The molecule has 3 nitrogen and oxygen atoms in total. The Hall–Kier alpha value is -1.35. The second kappa shape index (κ2) is 3.66. The zero-order valence-electron chi connectivity index (χ0n) is 8.52. The highest BCUT2D eigenvalue weighted by atomic mass is 16.4. The Morgan fingerprint density at radius 2 is 2.00 bits per heavy atom. The van der Waals surface area contributed by atoms with Crippen molar-refractivity contribution in [3.05, 3.63) is 35.9 Å². The Labute approximate surface area is 88.9 Å². The van der Waals surface area contributed by atoms with Crippen LogP contribution in [0, 0.1) is 5.92 Å². The maximum Gasteiger partial charge on any atom is 0.308 e. The van der Waals surface area contributed by atoms with Crippen LogP contribution in [0.4, 0.5) is 0 Å². The van der Waals surface area contributed by atoms with Crippen molar-refractivity contribution in [3.63, 3.8) is 0 Å². The third-order valence-corrected chi connectivity index (χ3v) is 3.34. The van der Waals surface area contributed by atoms with Gasteiger partial charge in [-0.05, 0) is 18.4 Å². The fourth-order valence-corrected chi connectivity index (χ4v) is 2.31. The smallest absolute Gasteiger partial charge is 0.308 e. The summed E-state index contributed by atoms with van der Waals surface area (Å²) < 4.78 is 0. The van der Waals surface area contributed by atoms with Crippen molar-refractivity contribution in [3.8, 4) is 0 Å². The average molecular weight is 205 g/mol. The van der Waals surface area contributed by atoms with Gasteiger partial charge in [-0.3, -0.25) is 4.79 Å². The Morgan fingerprint density at radius 1 is 1.40 bits per heavy atom. The highest BCUT2D eigenvalue weighted by molar-refractivity contribution is 5.73. The Morgan fingerprint density at radius 3 is 2.40 bits per heavy atom. The third-order valence-electron chi connectivity index (χ3n) is 3.34. The van der Waals surface area contributed by atoms with E-state index >= 15 is 0 Å². The van der Waals surface area contributed by atoms with Crippen LogP contribution in [-0.4, -0.2) is 17.6 Å². The first-order valence-electron chi connectivity index (χ1n) is 5.19. The molecule has 1 saturated carbocycles. The quantitative estimate of drug-likeness (QED) is 0.780. The van der Waals surface area contributed by atoms with Crippen LogP contribution in [0.15, 0.2) is 30.3 Å². The number of nitrogens with two attached hydrogens (primary N) is 1. The molecule has 3 N–H and O–H groups in total.